The number of nitrogens with zero attached hydrogens (tertiary/aromatic N) is 2. The van der Waals surface area contributed by atoms with E-state index in [1.54, 1.807) is 0 Å². The summed E-state index contributed by atoms with van der Waals surface area (Å²) in [5, 5.41) is 0. The minimum absolute atomic E-state index is 0.192. The third-order valence-corrected chi connectivity index (χ3v) is 8.04. The first-order valence-corrected chi connectivity index (χ1v) is 14.8. The van der Waals surface area contributed by atoms with Crippen LogP contribution in [0.25, 0.3) is 33.4 Å². The molecule has 7 rings (SSSR count). The normalized spacial score (nSPS) is 14.0. The van der Waals surface area contributed by atoms with Gasteiger partial charge in [-0.3, -0.25) is 4.99 Å². The second-order valence-corrected chi connectivity index (χ2v) is 10.8. The first kappa shape index (κ1) is 26.4. The van der Waals surface area contributed by atoms with Gasteiger partial charge in [-0.25, -0.2) is 0 Å². The Balaban J connectivity index is 1.23. The Morgan fingerprint density at radius 2 is 0.884 bits per heavy atom. The minimum Gasteiger partial charge on any atom is -0.311 e. The van der Waals surface area contributed by atoms with Gasteiger partial charge in [0.05, 0.1) is 6.04 Å². The van der Waals surface area contributed by atoms with Crippen molar-refractivity contribution in [1.82, 2.24) is 0 Å². The van der Waals surface area contributed by atoms with E-state index in [9.17, 15) is 0 Å². The zero-order valence-electron chi connectivity index (χ0n) is 23.9. The van der Waals surface area contributed by atoms with Gasteiger partial charge in [-0.1, -0.05) is 121 Å². The molecule has 0 aromatic heterocycles. The van der Waals surface area contributed by atoms with Gasteiger partial charge in [-0.05, 0) is 93.9 Å². The van der Waals surface area contributed by atoms with Crippen LogP contribution in [0.5, 0.6) is 0 Å². The van der Waals surface area contributed by atoms with Crippen molar-refractivity contribution in [1.29, 1.82) is 0 Å². The SMILES string of the molecule is C1=CCC(c2cccc(-c3ccc(N(c4ccc(-c5ccccc5)cc4)c4ccc(-c5ccccc5)cc4)cc3)c2)N=C1. The van der Waals surface area contributed by atoms with Gasteiger partial charge < -0.3 is 4.90 Å². The third kappa shape index (κ3) is 5.82. The summed E-state index contributed by atoms with van der Waals surface area (Å²) >= 11 is 0. The van der Waals surface area contributed by atoms with Gasteiger partial charge in [0.25, 0.3) is 0 Å². The molecule has 0 fully saturated rings. The summed E-state index contributed by atoms with van der Waals surface area (Å²) in [5.74, 6) is 0. The van der Waals surface area contributed by atoms with E-state index in [2.05, 4.69) is 174 Å². The van der Waals surface area contributed by atoms with Crippen molar-refractivity contribution in [3.05, 3.63) is 175 Å². The highest BCUT2D eigenvalue weighted by atomic mass is 15.1. The lowest BCUT2D eigenvalue weighted by atomic mass is 9.97. The van der Waals surface area contributed by atoms with Crippen LogP contribution in [0, 0.1) is 0 Å². The second-order valence-electron chi connectivity index (χ2n) is 10.8. The van der Waals surface area contributed by atoms with Gasteiger partial charge >= 0.3 is 0 Å². The van der Waals surface area contributed by atoms with Crippen molar-refractivity contribution in [2.45, 2.75) is 12.5 Å². The summed E-state index contributed by atoms with van der Waals surface area (Å²) in [4.78, 5) is 7.00. The number of dihydropyridines is 1. The van der Waals surface area contributed by atoms with E-state index in [0.29, 0.717) is 0 Å². The van der Waals surface area contributed by atoms with Crippen LogP contribution in [-0.4, -0.2) is 6.21 Å². The summed E-state index contributed by atoms with van der Waals surface area (Å²) in [5.41, 5.74) is 11.8. The van der Waals surface area contributed by atoms with E-state index in [1.165, 1.54) is 38.9 Å². The van der Waals surface area contributed by atoms with Gasteiger partial charge in [-0.15, -0.1) is 0 Å². The molecule has 43 heavy (non-hydrogen) atoms. The average molecular weight is 553 g/mol. The fraction of sp³-hybridized carbons (Fsp3) is 0.0488. The molecule has 1 aliphatic rings. The van der Waals surface area contributed by atoms with E-state index in [1.807, 2.05) is 12.3 Å². The minimum atomic E-state index is 0.192. The molecule has 0 radical (unpaired) electrons. The number of hydrogen-bond donors (Lipinski definition) is 0. The van der Waals surface area contributed by atoms with Crippen molar-refractivity contribution in [3.8, 4) is 33.4 Å². The number of aliphatic imine (C=N–C) groups is 1. The molecule has 1 atom stereocenters. The van der Waals surface area contributed by atoms with E-state index in [-0.39, 0.29) is 6.04 Å². The lowest BCUT2D eigenvalue weighted by Gasteiger charge is -2.26. The lowest BCUT2D eigenvalue weighted by molar-refractivity contribution is 0.741. The van der Waals surface area contributed by atoms with Gasteiger partial charge in [0.2, 0.25) is 0 Å². The molecule has 2 nitrogen and oxygen atoms in total. The van der Waals surface area contributed by atoms with E-state index >= 15 is 0 Å². The molecule has 2 heteroatoms. The highest BCUT2D eigenvalue weighted by molar-refractivity contribution is 5.81. The van der Waals surface area contributed by atoms with Gasteiger partial charge in [0, 0.05) is 23.3 Å². The van der Waals surface area contributed by atoms with E-state index < -0.39 is 0 Å². The number of rotatable bonds is 7. The van der Waals surface area contributed by atoms with Crippen LogP contribution in [0.15, 0.2) is 175 Å². The Hall–Kier alpha value is -5.47. The predicted octanol–water partition coefficient (Wildman–Crippen LogP) is 11.2. The first-order valence-electron chi connectivity index (χ1n) is 14.8. The Kier molecular flexibility index (Phi) is 7.49. The molecule has 0 N–H and O–H groups in total. The number of hydrogen-bond acceptors (Lipinski definition) is 2. The molecule has 1 aliphatic heterocycles. The number of allylic oxidation sites excluding steroid dienone is 1. The molecule has 1 heterocycles. The highest BCUT2D eigenvalue weighted by Gasteiger charge is 2.15. The van der Waals surface area contributed by atoms with Crippen molar-refractivity contribution in [2.75, 3.05) is 4.90 Å². The zero-order valence-corrected chi connectivity index (χ0v) is 23.9. The topological polar surface area (TPSA) is 15.6 Å². The van der Waals surface area contributed by atoms with Crippen molar-refractivity contribution >= 4 is 23.3 Å². The molecule has 0 bridgehead atoms. The smallest absolute Gasteiger partial charge is 0.0783 e. The molecule has 0 aliphatic carbocycles. The summed E-state index contributed by atoms with van der Waals surface area (Å²) in [7, 11) is 0. The summed E-state index contributed by atoms with van der Waals surface area (Å²) in [6.45, 7) is 0. The van der Waals surface area contributed by atoms with Crippen molar-refractivity contribution < 1.29 is 0 Å². The fourth-order valence-corrected chi connectivity index (χ4v) is 5.75. The molecular weight excluding hydrogens is 520 g/mol. The molecule has 6 aromatic rings. The Morgan fingerprint density at radius 3 is 1.35 bits per heavy atom. The molecule has 206 valence electrons. The molecule has 6 aromatic carbocycles. The Morgan fingerprint density at radius 1 is 0.442 bits per heavy atom. The van der Waals surface area contributed by atoms with Gasteiger partial charge in [0.15, 0.2) is 0 Å². The Labute approximate surface area is 254 Å². The second kappa shape index (κ2) is 12.2. The zero-order chi connectivity index (χ0) is 28.8. The maximum Gasteiger partial charge on any atom is 0.0783 e. The predicted molar refractivity (Wildman–Crippen MR) is 182 cm³/mol. The molecule has 0 saturated heterocycles. The van der Waals surface area contributed by atoms with Gasteiger partial charge in [0.1, 0.15) is 0 Å². The Bertz CT molecular complexity index is 1770. The van der Waals surface area contributed by atoms with E-state index in [0.717, 1.165) is 23.5 Å². The van der Waals surface area contributed by atoms with Crippen LogP contribution in [0.3, 0.4) is 0 Å². The molecule has 0 spiro atoms. The highest BCUT2D eigenvalue weighted by Crippen LogP contribution is 2.38. The third-order valence-electron chi connectivity index (χ3n) is 8.04. The van der Waals surface area contributed by atoms with Crippen molar-refractivity contribution in [2.24, 2.45) is 4.99 Å². The fourth-order valence-electron chi connectivity index (χ4n) is 5.75. The van der Waals surface area contributed by atoms with Crippen LogP contribution in [0.1, 0.15) is 18.0 Å². The van der Waals surface area contributed by atoms with Crippen LogP contribution in [-0.2, 0) is 0 Å². The summed E-state index contributed by atoms with van der Waals surface area (Å²) in [6.07, 6.45) is 7.06. The molecule has 0 amide bonds. The number of anilines is 3. The summed E-state index contributed by atoms with van der Waals surface area (Å²) < 4.78 is 0. The average Bonchev–Trinajstić information content (AvgIpc) is 3.10. The lowest BCUT2D eigenvalue weighted by Crippen LogP contribution is -2.09. The summed E-state index contributed by atoms with van der Waals surface area (Å²) in [6, 6.07) is 56.6. The molecule has 1 unspecified atom stereocenters. The first-order chi connectivity index (χ1) is 21.3. The maximum atomic E-state index is 4.67. The van der Waals surface area contributed by atoms with Crippen LogP contribution in [0.4, 0.5) is 17.1 Å². The van der Waals surface area contributed by atoms with Gasteiger partial charge in [-0.2, -0.15) is 0 Å². The standard InChI is InChI=1S/C41H32N2/c1-3-10-31(11-4-1)33-17-23-38(24-18-33)43(39-25-19-34(20-26-39)32-12-5-2-6-13-32)40-27-21-35(22-28-40)36-14-9-15-37(30-36)41-16-7-8-29-42-41/h1-15,17-30,41H,16H2. The van der Waals surface area contributed by atoms with Crippen LogP contribution >= 0.6 is 0 Å². The maximum absolute atomic E-state index is 4.67. The molecule has 0 saturated carbocycles. The quantitative estimate of drug-likeness (QED) is 0.192. The van der Waals surface area contributed by atoms with E-state index in [4.69, 9.17) is 0 Å². The van der Waals surface area contributed by atoms with Crippen LogP contribution < -0.4 is 4.90 Å². The molecular formula is C41H32N2. The van der Waals surface area contributed by atoms with Crippen molar-refractivity contribution in [3.63, 3.8) is 0 Å². The monoisotopic (exact) mass is 552 g/mol. The largest absolute Gasteiger partial charge is 0.311 e. The van der Waals surface area contributed by atoms with Crippen LogP contribution in [0.2, 0.25) is 0 Å². The number of benzene rings is 6.